The first-order valence-electron chi connectivity index (χ1n) is 8.56. The maximum Gasteiger partial charge on any atom is 0.416 e. The van der Waals surface area contributed by atoms with Gasteiger partial charge in [-0.15, -0.1) is 0 Å². The number of nitrogens with zero attached hydrogens (tertiary/aromatic N) is 4. The molecule has 0 spiro atoms. The van der Waals surface area contributed by atoms with Gasteiger partial charge in [0.25, 0.3) is 0 Å². The van der Waals surface area contributed by atoms with E-state index in [1.165, 1.54) is 15.3 Å². The molecule has 1 atom stereocenters. The van der Waals surface area contributed by atoms with E-state index < -0.39 is 17.8 Å². The maximum atomic E-state index is 13.0. The molecule has 1 unspecified atom stereocenters. The standard InChI is InChI=1S/C18H15F3N4O/c19-18(20,21)12-3-1-2-11(6-12)13-4-5-14-23-25(15(26)24(13)14)17-7-16(8-17,9-17)10-22/h1-3,6,13H,4-5,7-9H2. The van der Waals surface area contributed by atoms with Crippen LogP contribution in [0.3, 0.4) is 0 Å². The number of aromatic nitrogens is 3. The van der Waals surface area contributed by atoms with Crippen LogP contribution in [0.25, 0.3) is 0 Å². The van der Waals surface area contributed by atoms with Crippen LogP contribution in [0.4, 0.5) is 13.2 Å². The molecule has 6 rings (SSSR count). The summed E-state index contributed by atoms with van der Waals surface area (Å²) in [5.74, 6) is 0.619. The van der Waals surface area contributed by atoms with Crippen molar-refractivity contribution >= 4 is 0 Å². The summed E-state index contributed by atoms with van der Waals surface area (Å²) in [4.78, 5) is 12.9. The highest BCUT2D eigenvalue weighted by Crippen LogP contribution is 2.70. The smallest absolute Gasteiger partial charge is 0.271 e. The largest absolute Gasteiger partial charge is 0.416 e. The van der Waals surface area contributed by atoms with Crippen LogP contribution < -0.4 is 5.69 Å². The molecule has 3 aliphatic carbocycles. The highest BCUT2D eigenvalue weighted by molar-refractivity contribution is 5.31. The number of alkyl halides is 3. The SMILES string of the molecule is N#CC12CC(n3nc4n(c3=O)C(c3cccc(C(F)(F)F)c3)CC4)(C1)C2. The summed E-state index contributed by atoms with van der Waals surface area (Å²) in [6.45, 7) is 0. The molecule has 0 N–H and O–H groups in total. The average molecular weight is 360 g/mol. The molecule has 0 saturated heterocycles. The summed E-state index contributed by atoms with van der Waals surface area (Å²) >= 11 is 0. The molecule has 0 radical (unpaired) electrons. The van der Waals surface area contributed by atoms with Crippen LogP contribution in [0, 0.1) is 16.7 Å². The van der Waals surface area contributed by atoms with E-state index in [1.807, 2.05) is 0 Å². The Hall–Kier alpha value is -2.56. The summed E-state index contributed by atoms with van der Waals surface area (Å²) in [5, 5.41) is 13.6. The van der Waals surface area contributed by atoms with Crippen molar-refractivity contribution in [3.05, 3.63) is 51.7 Å². The molecule has 2 heterocycles. The second kappa shape index (κ2) is 4.58. The number of nitriles is 1. The lowest BCUT2D eigenvalue weighted by Gasteiger charge is -2.65. The molecule has 3 saturated carbocycles. The Morgan fingerprint density at radius 2 is 2.00 bits per heavy atom. The normalized spacial score (nSPS) is 31.7. The van der Waals surface area contributed by atoms with E-state index in [9.17, 15) is 18.0 Å². The number of aryl methyl sites for hydroxylation is 1. The first-order chi connectivity index (χ1) is 12.3. The number of hydrogen-bond donors (Lipinski definition) is 0. The van der Waals surface area contributed by atoms with Crippen molar-refractivity contribution in [2.75, 3.05) is 0 Å². The summed E-state index contributed by atoms with van der Waals surface area (Å²) in [7, 11) is 0. The van der Waals surface area contributed by atoms with Crippen molar-refractivity contribution in [3.63, 3.8) is 0 Å². The minimum Gasteiger partial charge on any atom is -0.271 e. The number of hydrogen-bond acceptors (Lipinski definition) is 3. The zero-order valence-corrected chi connectivity index (χ0v) is 13.8. The van der Waals surface area contributed by atoms with Crippen LogP contribution in [0.15, 0.2) is 29.1 Å². The zero-order chi connectivity index (χ0) is 18.3. The van der Waals surface area contributed by atoms with Crippen molar-refractivity contribution in [2.24, 2.45) is 5.41 Å². The molecular weight excluding hydrogens is 345 g/mol. The van der Waals surface area contributed by atoms with Crippen LogP contribution in [-0.2, 0) is 18.1 Å². The summed E-state index contributed by atoms with van der Waals surface area (Å²) in [5.41, 5.74) is -1.16. The molecule has 2 bridgehead atoms. The molecule has 3 fully saturated rings. The monoisotopic (exact) mass is 360 g/mol. The third-order valence-corrected chi connectivity index (χ3v) is 6.12. The number of halogens is 3. The Morgan fingerprint density at radius 1 is 1.27 bits per heavy atom. The first kappa shape index (κ1) is 15.7. The van der Waals surface area contributed by atoms with Gasteiger partial charge in [-0.05, 0) is 43.4 Å². The Morgan fingerprint density at radius 3 is 2.65 bits per heavy atom. The van der Waals surface area contributed by atoms with Crippen molar-refractivity contribution in [3.8, 4) is 6.07 Å². The molecule has 1 aromatic carbocycles. The van der Waals surface area contributed by atoms with Gasteiger partial charge < -0.3 is 0 Å². The van der Waals surface area contributed by atoms with Crippen LogP contribution in [0.5, 0.6) is 0 Å². The fourth-order valence-corrected chi connectivity index (χ4v) is 4.92. The molecule has 26 heavy (non-hydrogen) atoms. The predicted octanol–water partition coefficient (Wildman–Crippen LogP) is 3.00. The van der Waals surface area contributed by atoms with Crippen LogP contribution >= 0.6 is 0 Å². The quantitative estimate of drug-likeness (QED) is 0.827. The van der Waals surface area contributed by atoms with E-state index in [-0.39, 0.29) is 16.6 Å². The van der Waals surface area contributed by atoms with Gasteiger partial charge in [-0.3, -0.25) is 4.57 Å². The topological polar surface area (TPSA) is 63.6 Å². The maximum absolute atomic E-state index is 13.0. The molecule has 134 valence electrons. The zero-order valence-electron chi connectivity index (χ0n) is 13.8. The van der Waals surface area contributed by atoms with Gasteiger partial charge >= 0.3 is 11.9 Å². The molecule has 1 aromatic heterocycles. The van der Waals surface area contributed by atoms with Crippen LogP contribution in [0.2, 0.25) is 0 Å². The molecule has 2 aromatic rings. The third-order valence-electron chi connectivity index (χ3n) is 6.12. The number of fused-ring (bicyclic) bond motifs is 1. The third kappa shape index (κ3) is 1.86. The van der Waals surface area contributed by atoms with Gasteiger partial charge in [-0.1, -0.05) is 12.1 Å². The van der Waals surface area contributed by atoms with Crippen molar-refractivity contribution < 1.29 is 13.2 Å². The lowest BCUT2D eigenvalue weighted by molar-refractivity contribution is -0.155. The fourth-order valence-electron chi connectivity index (χ4n) is 4.92. The lowest BCUT2D eigenvalue weighted by Crippen LogP contribution is -2.69. The van der Waals surface area contributed by atoms with Gasteiger partial charge in [0.2, 0.25) is 0 Å². The molecule has 5 nitrogen and oxygen atoms in total. The van der Waals surface area contributed by atoms with Crippen molar-refractivity contribution in [1.29, 1.82) is 5.26 Å². The summed E-state index contributed by atoms with van der Waals surface area (Å²) in [6, 6.07) is 7.04. The van der Waals surface area contributed by atoms with Gasteiger partial charge in [-0.25, -0.2) is 9.48 Å². The van der Waals surface area contributed by atoms with Crippen LogP contribution in [0.1, 0.15) is 48.7 Å². The Balaban J connectivity index is 1.52. The van der Waals surface area contributed by atoms with Crippen molar-refractivity contribution in [2.45, 2.75) is 49.9 Å². The highest BCUT2D eigenvalue weighted by Gasteiger charge is 2.71. The fraction of sp³-hybridized carbons (Fsp3) is 0.500. The Labute approximate surface area is 146 Å². The second-order valence-corrected chi connectivity index (χ2v) is 7.81. The summed E-state index contributed by atoms with van der Waals surface area (Å²) < 4.78 is 42.0. The van der Waals surface area contributed by atoms with Crippen molar-refractivity contribution in [1.82, 2.24) is 14.3 Å². The second-order valence-electron chi connectivity index (χ2n) is 7.81. The van der Waals surface area contributed by atoms with E-state index in [0.717, 1.165) is 12.1 Å². The number of rotatable bonds is 2. The molecule has 0 amide bonds. The Bertz CT molecular complexity index is 1010. The van der Waals surface area contributed by atoms with Gasteiger partial charge in [0.1, 0.15) is 5.82 Å². The minimum atomic E-state index is -4.41. The molecular formula is C18H15F3N4O. The van der Waals surface area contributed by atoms with E-state index in [0.29, 0.717) is 43.5 Å². The van der Waals surface area contributed by atoms with E-state index in [4.69, 9.17) is 5.26 Å². The van der Waals surface area contributed by atoms with Crippen LogP contribution in [-0.4, -0.2) is 14.3 Å². The lowest BCUT2D eigenvalue weighted by atomic mass is 9.40. The summed E-state index contributed by atoms with van der Waals surface area (Å²) in [6.07, 6.45) is -1.37. The van der Waals surface area contributed by atoms with Gasteiger partial charge in [0.05, 0.1) is 28.6 Å². The molecule has 1 aliphatic heterocycles. The van der Waals surface area contributed by atoms with Gasteiger partial charge in [-0.2, -0.15) is 23.5 Å². The molecule has 8 heteroatoms. The van der Waals surface area contributed by atoms with Gasteiger partial charge in [0.15, 0.2) is 0 Å². The highest BCUT2D eigenvalue weighted by atomic mass is 19.4. The number of benzene rings is 1. The van der Waals surface area contributed by atoms with Gasteiger partial charge in [0, 0.05) is 6.42 Å². The van der Waals surface area contributed by atoms with E-state index in [1.54, 1.807) is 6.07 Å². The van der Waals surface area contributed by atoms with E-state index >= 15 is 0 Å². The van der Waals surface area contributed by atoms with E-state index in [2.05, 4.69) is 11.2 Å². The average Bonchev–Trinajstić information content (AvgIpc) is 3.06. The first-order valence-corrected chi connectivity index (χ1v) is 8.56. The molecule has 4 aliphatic rings. The Kier molecular flexibility index (Phi) is 2.76. The minimum absolute atomic E-state index is 0.272. The predicted molar refractivity (Wildman–Crippen MR) is 84.3 cm³/mol.